The standard InChI is InChI=1S/C20H21ClN4OS/c1-12-18(10-13-2-5-15(21)6-3-13)27-20(23-12)25-19(26)17-7-4-14-11-22-9-8-16(14)24-17/h2-7,12,18,22H,8-11H2,1H3,(H,23,25,26). The predicted molar refractivity (Wildman–Crippen MR) is 111 cm³/mol. The Balaban J connectivity index is 1.39. The second-order valence-corrected chi connectivity index (χ2v) is 8.51. The van der Waals surface area contributed by atoms with Gasteiger partial charge in [0.2, 0.25) is 0 Å². The van der Waals surface area contributed by atoms with Crippen molar-refractivity contribution in [1.29, 1.82) is 0 Å². The van der Waals surface area contributed by atoms with Crippen molar-refractivity contribution in [3.8, 4) is 0 Å². The minimum Gasteiger partial charge on any atom is -0.312 e. The number of aromatic nitrogens is 1. The van der Waals surface area contributed by atoms with Crippen LogP contribution >= 0.6 is 23.4 Å². The van der Waals surface area contributed by atoms with E-state index in [0.29, 0.717) is 16.1 Å². The summed E-state index contributed by atoms with van der Waals surface area (Å²) in [5.41, 5.74) is 3.85. The molecule has 27 heavy (non-hydrogen) atoms. The van der Waals surface area contributed by atoms with Crippen molar-refractivity contribution < 1.29 is 4.79 Å². The predicted octanol–water partition coefficient (Wildman–Crippen LogP) is 3.21. The van der Waals surface area contributed by atoms with E-state index >= 15 is 0 Å². The maximum atomic E-state index is 12.6. The van der Waals surface area contributed by atoms with Gasteiger partial charge in [0.15, 0.2) is 5.17 Å². The van der Waals surface area contributed by atoms with Gasteiger partial charge in [-0.05, 0) is 42.7 Å². The molecule has 1 amide bonds. The van der Waals surface area contributed by atoms with Crippen LogP contribution in [0.4, 0.5) is 0 Å². The molecule has 0 saturated carbocycles. The van der Waals surface area contributed by atoms with Crippen LogP contribution in [0.15, 0.2) is 41.4 Å². The van der Waals surface area contributed by atoms with Crippen LogP contribution in [-0.2, 0) is 19.4 Å². The number of carbonyl (C=O) groups is 1. The van der Waals surface area contributed by atoms with E-state index in [1.165, 1.54) is 11.1 Å². The molecule has 0 bridgehead atoms. The third kappa shape index (κ3) is 4.34. The van der Waals surface area contributed by atoms with E-state index in [9.17, 15) is 4.79 Å². The number of rotatable bonds is 3. The van der Waals surface area contributed by atoms with Gasteiger partial charge in [-0.15, -0.1) is 0 Å². The minimum atomic E-state index is -0.193. The third-order valence-electron chi connectivity index (χ3n) is 4.85. The molecule has 2 unspecified atom stereocenters. The summed E-state index contributed by atoms with van der Waals surface area (Å²) in [6.07, 6.45) is 1.74. The number of benzene rings is 1. The first kappa shape index (κ1) is 18.5. The molecular weight excluding hydrogens is 380 g/mol. The van der Waals surface area contributed by atoms with E-state index in [0.717, 1.165) is 36.6 Å². The zero-order chi connectivity index (χ0) is 18.8. The van der Waals surface area contributed by atoms with Gasteiger partial charge in [-0.1, -0.05) is 41.6 Å². The van der Waals surface area contributed by atoms with Crippen LogP contribution < -0.4 is 10.6 Å². The maximum Gasteiger partial charge on any atom is 0.275 e. The molecule has 2 aliphatic heterocycles. The Labute approximate surface area is 168 Å². The molecule has 0 radical (unpaired) electrons. The highest BCUT2D eigenvalue weighted by molar-refractivity contribution is 8.14. The molecule has 1 aromatic carbocycles. The molecule has 2 aliphatic rings. The molecule has 1 aromatic heterocycles. The van der Waals surface area contributed by atoms with E-state index in [4.69, 9.17) is 11.6 Å². The molecule has 0 spiro atoms. The topological polar surface area (TPSA) is 66.4 Å². The Morgan fingerprint density at radius 2 is 2.11 bits per heavy atom. The summed E-state index contributed by atoms with van der Waals surface area (Å²) in [4.78, 5) is 21.8. The molecular formula is C20H21ClN4OS. The SMILES string of the molecule is CC1N=C(NC(=O)c2ccc3c(n2)CCNC3)SC1Cc1ccc(Cl)cc1. The summed E-state index contributed by atoms with van der Waals surface area (Å²) < 4.78 is 0. The van der Waals surface area contributed by atoms with Crippen molar-refractivity contribution in [3.63, 3.8) is 0 Å². The van der Waals surface area contributed by atoms with Crippen molar-refractivity contribution in [3.05, 3.63) is 63.9 Å². The van der Waals surface area contributed by atoms with Gasteiger partial charge in [-0.3, -0.25) is 15.1 Å². The highest BCUT2D eigenvalue weighted by Gasteiger charge is 2.28. The fourth-order valence-electron chi connectivity index (χ4n) is 3.29. The molecule has 2 N–H and O–H groups in total. The number of amidine groups is 1. The van der Waals surface area contributed by atoms with Crippen LogP contribution in [0.1, 0.15) is 34.2 Å². The number of pyridine rings is 1. The zero-order valence-corrected chi connectivity index (χ0v) is 16.6. The lowest BCUT2D eigenvalue weighted by atomic mass is 10.1. The average Bonchev–Trinajstić information content (AvgIpc) is 3.02. The van der Waals surface area contributed by atoms with Gasteiger partial charge in [0.05, 0.1) is 6.04 Å². The van der Waals surface area contributed by atoms with Crippen LogP contribution in [-0.4, -0.2) is 33.9 Å². The largest absolute Gasteiger partial charge is 0.312 e. The van der Waals surface area contributed by atoms with Crippen LogP contribution in [0.25, 0.3) is 0 Å². The van der Waals surface area contributed by atoms with Crippen molar-refractivity contribution in [1.82, 2.24) is 15.6 Å². The zero-order valence-electron chi connectivity index (χ0n) is 15.0. The Morgan fingerprint density at radius 3 is 2.93 bits per heavy atom. The van der Waals surface area contributed by atoms with Crippen molar-refractivity contribution in [2.45, 2.75) is 37.6 Å². The molecule has 2 atom stereocenters. The van der Waals surface area contributed by atoms with Crippen LogP contribution in [0, 0.1) is 0 Å². The summed E-state index contributed by atoms with van der Waals surface area (Å²) in [6, 6.07) is 11.8. The summed E-state index contributed by atoms with van der Waals surface area (Å²) >= 11 is 7.57. The minimum absolute atomic E-state index is 0.142. The fourth-order valence-corrected chi connectivity index (χ4v) is 4.62. The summed E-state index contributed by atoms with van der Waals surface area (Å²) in [5.74, 6) is -0.193. The van der Waals surface area contributed by atoms with Crippen LogP contribution in [0.5, 0.6) is 0 Å². The number of aliphatic imine (C=N–C) groups is 1. The number of fused-ring (bicyclic) bond motifs is 1. The van der Waals surface area contributed by atoms with Crippen molar-refractivity contribution in [2.24, 2.45) is 4.99 Å². The summed E-state index contributed by atoms with van der Waals surface area (Å²) in [7, 11) is 0. The second kappa shape index (κ2) is 8.00. The fraction of sp³-hybridized carbons (Fsp3) is 0.350. The van der Waals surface area contributed by atoms with E-state index in [2.05, 4.69) is 27.5 Å². The first-order valence-electron chi connectivity index (χ1n) is 9.08. The molecule has 2 aromatic rings. The van der Waals surface area contributed by atoms with Crippen LogP contribution in [0.3, 0.4) is 0 Å². The lowest BCUT2D eigenvalue weighted by molar-refractivity contribution is 0.0973. The highest BCUT2D eigenvalue weighted by Crippen LogP contribution is 2.29. The van der Waals surface area contributed by atoms with Gasteiger partial charge in [-0.2, -0.15) is 0 Å². The Hall–Kier alpha value is -1.89. The molecule has 5 nitrogen and oxygen atoms in total. The number of hydrogen-bond acceptors (Lipinski definition) is 5. The van der Waals surface area contributed by atoms with Crippen molar-refractivity contribution in [2.75, 3.05) is 6.54 Å². The first-order valence-corrected chi connectivity index (χ1v) is 10.3. The number of amides is 1. The lowest BCUT2D eigenvalue weighted by Crippen LogP contribution is -2.30. The monoisotopic (exact) mass is 400 g/mol. The van der Waals surface area contributed by atoms with E-state index in [-0.39, 0.29) is 11.9 Å². The van der Waals surface area contributed by atoms with Gasteiger partial charge < -0.3 is 5.32 Å². The van der Waals surface area contributed by atoms with Gasteiger partial charge >= 0.3 is 0 Å². The molecule has 3 heterocycles. The first-order chi connectivity index (χ1) is 13.1. The second-order valence-electron chi connectivity index (χ2n) is 6.84. The molecule has 0 aliphatic carbocycles. The Kier molecular flexibility index (Phi) is 5.48. The van der Waals surface area contributed by atoms with Crippen LogP contribution in [0.2, 0.25) is 5.02 Å². The number of nitrogens with one attached hydrogen (secondary N) is 2. The summed E-state index contributed by atoms with van der Waals surface area (Å²) in [5, 5.41) is 7.95. The molecule has 140 valence electrons. The van der Waals surface area contributed by atoms with Crippen molar-refractivity contribution >= 4 is 34.4 Å². The third-order valence-corrected chi connectivity index (χ3v) is 6.39. The lowest BCUT2D eigenvalue weighted by Gasteiger charge is -2.16. The summed E-state index contributed by atoms with van der Waals surface area (Å²) in [6.45, 7) is 3.80. The average molecular weight is 401 g/mol. The van der Waals surface area contributed by atoms with E-state index in [1.54, 1.807) is 17.8 Å². The number of hydrogen-bond donors (Lipinski definition) is 2. The van der Waals surface area contributed by atoms with E-state index in [1.807, 2.05) is 30.3 Å². The number of thioether (sulfide) groups is 1. The number of carbonyl (C=O) groups excluding carboxylic acids is 1. The normalized spacial score (nSPS) is 21.5. The Bertz CT molecular complexity index is 884. The smallest absolute Gasteiger partial charge is 0.275 e. The van der Waals surface area contributed by atoms with Gasteiger partial charge in [0, 0.05) is 35.5 Å². The molecule has 0 fully saturated rings. The molecule has 4 rings (SSSR count). The maximum absolute atomic E-state index is 12.6. The van der Waals surface area contributed by atoms with Gasteiger partial charge in [0.1, 0.15) is 5.69 Å². The van der Waals surface area contributed by atoms with E-state index < -0.39 is 0 Å². The van der Waals surface area contributed by atoms with Gasteiger partial charge in [-0.25, -0.2) is 4.98 Å². The number of nitrogens with zero attached hydrogens (tertiary/aromatic N) is 2. The molecule has 0 saturated heterocycles. The van der Waals surface area contributed by atoms with Gasteiger partial charge in [0.25, 0.3) is 5.91 Å². The molecule has 7 heteroatoms. The highest BCUT2D eigenvalue weighted by atomic mass is 35.5. The Morgan fingerprint density at radius 1 is 1.30 bits per heavy atom. The number of halogens is 1. The quantitative estimate of drug-likeness (QED) is 0.830.